The highest BCUT2D eigenvalue weighted by Gasteiger charge is 2.29. The molecule has 3 rings (SSSR count). The highest BCUT2D eigenvalue weighted by molar-refractivity contribution is 5.88. The van der Waals surface area contributed by atoms with Crippen LogP contribution in [0.15, 0.2) is 78.9 Å². The van der Waals surface area contributed by atoms with Gasteiger partial charge >= 0.3 is 0 Å². The molecule has 184 valence electrons. The Hall–Kier alpha value is -3.40. The maximum Gasteiger partial charge on any atom is 0.242 e. The predicted molar refractivity (Wildman–Crippen MR) is 143 cm³/mol. The van der Waals surface area contributed by atoms with Gasteiger partial charge in [0.1, 0.15) is 6.04 Å². The van der Waals surface area contributed by atoms with Gasteiger partial charge in [-0.1, -0.05) is 99.6 Å². The zero-order valence-corrected chi connectivity index (χ0v) is 21.7. The van der Waals surface area contributed by atoms with E-state index in [1.54, 1.807) is 11.9 Å². The maximum absolute atomic E-state index is 13.7. The van der Waals surface area contributed by atoms with Crippen molar-refractivity contribution in [1.29, 1.82) is 0 Å². The van der Waals surface area contributed by atoms with Crippen LogP contribution in [0.25, 0.3) is 0 Å². The zero-order chi connectivity index (χ0) is 25.4. The van der Waals surface area contributed by atoms with E-state index in [9.17, 15) is 9.59 Å². The van der Waals surface area contributed by atoms with Crippen molar-refractivity contribution in [1.82, 2.24) is 10.2 Å². The number of benzene rings is 3. The molecule has 0 aromatic heterocycles. The molecular weight excluding hydrogens is 432 g/mol. The number of hydrogen-bond donors (Lipinski definition) is 1. The van der Waals surface area contributed by atoms with E-state index >= 15 is 0 Å². The van der Waals surface area contributed by atoms with Gasteiger partial charge < -0.3 is 10.2 Å². The zero-order valence-electron chi connectivity index (χ0n) is 21.7. The third-order valence-corrected chi connectivity index (χ3v) is 6.57. The van der Waals surface area contributed by atoms with Crippen LogP contribution < -0.4 is 5.32 Å². The summed E-state index contributed by atoms with van der Waals surface area (Å²) in [5, 5.41) is 2.78. The summed E-state index contributed by atoms with van der Waals surface area (Å²) in [5.41, 5.74) is 5.69. The van der Waals surface area contributed by atoms with Crippen LogP contribution in [0.5, 0.6) is 0 Å². The Morgan fingerprint density at radius 2 is 1.49 bits per heavy atom. The number of rotatable bonds is 9. The molecular formula is C31H38N2O2. The fourth-order valence-electron chi connectivity index (χ4n) is 4.26. The summed E-state index contributed by atoms with van der Waals surface area (Å²) < 4.78 is 0. The van der Waals surface area contributed by atoms with Crippen LogP contribution in [-0.4, -0.2) is 29.8 Å². The quantitative estimate of drug-likeness (QED) is 0.442. The fraction of sp³-hybridized carbons (Fsp3) is 0.355. The molecule has 1 atom stereocenters. The topological polar surface area (TPSA) is 49.4 Å². The van der Waals surface area contributed by atoms with Crippen molar-refractivity contribution in [3.8, 4) is 0 Å². The molecule has 1 unspecified atom stereocenters. The minimum absolute atomic E-state index is 0.0160. The number of nitrogens with one attached hydrogen (secondary N) is 1. The van der Waals surface area contributed by atoms with Gasteiger partial charge in [-0.05, 0) is 46.6 Å². The number of hydrogen-bond acceptors (Lipinski definition) is 2. The molecule has 0 saturated heterocycles. The van der Waals surface area contributed by atoms with Gasteiger partial charge in [-0.25, -0.2) is 0 Å². The van der Waals surface area contributed by atoms with Crippen LogP contribution in [0.3, 0.4) is 0 Å². The summed E-state index contributed by atoms with van der Waals surface area (Å²) in [7, 11) is 1.63. The Labute approximate surface area is 210 Å². The van der Waals surface area contributed by atoms with Gasteiger partial charge in [0.15, 0.2) is 0 Å². The first-order valence-electron chi connectivity index (χ1n) is 12.4. The lowest BCUT2D eigenvalue weighted by Crippen LogP contribution is -2.49. The number of carbonyl (C=O) groups excluding carboxylic acids is 2. The third-order valence-electron chi connectivity index (χ3n) is 6.57. The van der Waals surface area contributed by atoms with Gasteiger partial charge in [0.25, 0.3) is 0 Å². The molecule has 0 aliphatic carbocycles. The Balaban J connectivity index is 1.85. The Morgan fingerprint density at radius 1 is 0.857 bits per heavy atom. The van der Waals surface area contributed by atoms with Crippen molar-refractivity contribution in [2.75, 3.05) is 7.05 Å². The third kappa shape index (κ3) is 7.29. The van der Waals surface area contributed by atoms with E-state index in [0.717, 1.165) is 22.3 Å². The minimum atomic E-state index is -0.585. The monoisotopic (exact) mass is 470 g/mol. The average molecular weight is 471 g/mol. The molecule has 0 aliphatic heterocycles. The van der Waals surface area contributed by atoms with E-state index in [4.69, 9.17) is 0 Å². The van der Waals surface area contributed by atoms with Crippen molar-refractivity contribution >= 4 is 11.8 Å². The highest BCUT2D eigenvalue weighted by Crippen LogP contribution is 2.23. The van der Waals surface area contributed by atoms with Crippen molar-refractivity contribution in [3.63, 3.8) is 0 Å². The first-order chi connectivity index (χ1) is 16.7. The van der Waals surface area contributed by atoms with Crippen molar-refractivity contribution in [2.45, 2.75) is 65.0 Å². The smallest absolute Gasteiger partial charge is 0.242 e. The van der Waals surface area contributed by atoms with Gasteiger partial charge in [0.2, 0.25) is 11.8 Å². The van der Waals surface area contributed by atoms with E-state index in [2.05, 4.69) is 50.4 Å². The van der Waals surface area contributed by atoms with Crippen LogP contribution in [-0.2, 0) is 34.4 Å². The van der Waals surface area contributed by atoms with Crippen LogP contribution in [0.2, 0.25) is 0 Å². The SMILES string of the molecule is CNC(=O)C(Cc1ccccc1)N(Cc1ccccc1C)C(=O)CCc1ccc(C(C)(C)C)cc1. The molecule has 0 bridgehead atoms. The number of amides is 2. The van der Waals surface area contributed by atoms with E-state index in [1.807, 2.05) is 61.5 Å². The minimum Gasteiger partial charge on any atom is -0.357 e. The first-order valence-corrected chi connectivity index (χ1v) is 12.4. The van der Waals surface area contributed by atoms with Gasteiger partial charge in [0.05, 0.1) is 0 Å². The molecule has 0 aliphatic rings. The lowest BCUT2D eigenvalue weighted by Gasteiger charge is -2.31. The number of nitrogens with zero attached hydrogens (tertiary/aromatic N) is 1. The summed E-state index contributed by atoms with van der Waals surface area (Å²) >= 11 is 0. The molecule has 0 spiro atoms. The maximum atomic E-state index is 13.7. The molecule has 1 N–H and O–H groups in total. The highest BCUT2D eigenvalue weighted by atomic mass is 16.2. The van der Waals surface area contributed by atoms with Gasteiger partial charge in [-0.2, -0.15) is 0 Å². The molecule has 0 radical (unpaired) electrons. The molecule has 4 nitrogen and oxygen atoms in total. The van der Waals surface area contributed by atoms with Crippen LogP contribution in [0, 0.1) is 6.92 Å². The van der Waals surface area contributed by atoms with Gasteiger partial charge in [-0.3, -0.25) is 9.59 Å². The number of carbonyl (C=O) groups is 2. The standard InChI is InChI=1S/C31H38N2O2/c1-23-11-9-10-14-26(23)22-33(28(30(35)32-5)21-25-12-7-6-8-13-25)29(34)20-17-24-15-18-27(19-16-24)31(2,3)4/h6-16,18-19,28H,17,20-22H2,1-5H3,(H,32,35). The molecule has 4 heteroatoms. The largest absolute Gasteiger partial charge is 0.357 e. The van der Waals surface area contributed by atoms with Crippen molar-refractivity contribution < 1.29 is 9.59 Å². The first kappa shape index (κ1) is 26.2. The van der Waals surface area contributed by atoms with Crippen LogP contribution in [0.1, 0.15) is 55.0 Å². The second kappa shape index (κ2) is 11.8. The molecule has 35 heavy (non-hydrogen) atoms. The summed E-state index contributed by atoms with van der Waals surface area (Å²) in [6.07, 6.45) is 1.46. The van der Waals surface area contributed by atoms with Crippen LogP contribution >= 0.6 is 0 Å². The lowest BCUT2D eigenvalue weighted by molar-refractivity contribution is -0.141. The second-order valence-electron chi connectivity index (χ2n) is 10.2. The molecule has 0 heterocycles. The summed E-state index contributed by atoms with van der Waals surface area (Å²) in [6, 6.07) is 25.9. The molecule has 3 aromatic carbocycles. The van der Waals surface area contributed by atoms with E-state index < -0.39 is 6.04 Å². The van der Waals surface area contributed by atoms with E-state index in [-0.39, 0.29) is 17.2 Å². The Bertz CT molecular complexity index is 1110. The van der Waals surface area contributed by atoms with Crippen molar-refractivity contribution in [3.05, 3.63) is 107 Å². The number of aryl methyl sites for hydroxylation is 2. The molecule has 3 aromatic rings. The second-order valence-corrected chi connectivity index (χ2v) is 10.2. The molecule has 0 saturated carbocycles. The lowest BCUT2D eigenvalue weighted by atomic mass is 9.86. The number of likely N-dealkylation sites (N-methyl/N-ethyl adjacent to an activating group) is 1. The Kier molecular flexibility index (Phi) is 8.86. The molecule has 0 fully saturated rings. The molecule has 2 amide bonds. The summed E-state index contributed by atoms with van der Waals surface area (Å²) in [5.74, 6) is -0.164. The van der Waals surface area contributed by atoms with Gasteiger partial charge in [-0.15, -0.1) is 0 Å². The Morgan fingerprint density at radius 3 is 2.09 bits per heavy atom. The van der Waals surface area contributed by atoms with E-state index in [1.165, 1.54) is 5.56 Å². The predicted octanol–water partition coefficient (Wildman–Crippen LogP) is 5.61. The van der Waals surface area contributed by atoms with E-state index in [0.29, 0.717) is 25.8 Å². The van der Waals surface area contributed by atoms with Crippen LogP contribution in [0.4, 0.5) is 0 Å². The normalized spacial score (nSPS) is 12.1. The fourth-order valence-corrected chi connectivity index (χ4v) is 4.26. The average Bonchev–Trinajstić information content (AvgIpc) is 2.85. The van der Waals surface area contributed by atoms with Gasteiger partial charge in [0, 0.05) is 26.4 Å². The van der Waals surface area contributed by atoms with Crippen molar-refractivity contribution in [2.24, 2.45) is 0 Å². The summed E-state index contributed by atoms with van der Waals surface area (Å²) in [6.45, 7) is 9.03. The summed E-state index contributed by atoms with van der Waals surface area (Å²) in [4.78, 5) is 28.5.